The van der Waals surface area contributed by atoms with Crippen LogP contribution >= 0.6 is 23.2 Å². The van der Waals surface area contributed by atoms with Gasteiger partial charge in [-0.3, -0.25) is 0 Å². The van der Waals surface area contributed by atoms with Crippen LogP contribution in [0.1, 0.15) is 11.1 Å². The zero-order chi connectivity index (χ0) is 17.5. The minimum absolute atomic E-state index is 0.180. The van der Waals surface area contributed by atoms with Crippen LogP contribution in [0, 0.1) is 5.82 Å². The Morgan fingerprint density at radius 1 is 1.12 bits per heavy atom. The predicted octanol–water partition coefficient (Wildman–Crippen LogP) is 5.00. The topological polar surface area (TPSA) is 30.5 Å². The second-order valence-corrected chi connectivity index (χ2v) is 5.85. The molecule has 0 unspecified atom stereocenters. The molecule has 0 atom stereocenters. The molecule has 0 fully saturated rings. The lowest BCUT2D eigenvalue weighted by atomic mass is 10.2. The highest BCUT2D eigenvalue weighted by Crippen LogP contribution is 2.34. The van der Waals surface area contributed by atoms with Gasteiger partial charge in [-0.1, -0.05) is 35.3 Å². The highest BCUT2D eigenvalue weighted by Gasteiger charge is 2.12. The number of nitrogens with one attached hydrogen (secondary N) is 1. The van der Waals surface area contributed by atoms with Gasteiger partial charge < -0.3 is 14.8 Å². The van der Waals surface area contributed by atoms with E-state index in [-0.39, 0.29) is 12.4 Å². The maximum Gasteiger partial charge on any atom is 0.163 e. The second kappa shape index (κ2) is 8.92. The summed E-state index contributed by atoms with van der Waals surface area (Å²) in [5.74, 6) is 0.671. The summed E-state index contributed by atoms with van der Waals surface area (Å²) in [7, 11) is 1.56. The number of halogens is 3. The van der Waals surface area contributed by atoms with Crippen molar-refractivity contribution in [3.63, 3.8) is 0 Å². The molecule has 0 bridgehead atoms. The van der Waals surface area contributed by atoms with Crippen molar-refractivity contribution in [3.05, 3.63) is 70.0 Å². The molecule has 1 N–H and O–H groups in total. The SMILES string of the molecule is C=CCNCc1cc(OC)c(OCc2ccc(F)cc2Cl)cc1Cl. The Morgan fingerprint density at radius 3 is 2.54 bits per heavy atom. The van der Waals surface area contributed by atoms with Gasteiger partial charge in [-0.25, -0.2) is 4.39 Å². The van der Waals surface area contributed by atoms with Crippen molar-refractivity contribution in [2.24, 2.45) is 0 Å². The number of benzene rings is 2. The highest BCUT2D eigenvalue weighted by molar-refractivity contribution is 6.31. The third-order valence-electron chi connectivity index (χ3n) is 3.34. The van der Waals surface area contributed by atoms with Crippen LogP contribution in [-0.4, -0.2) is 13.7 Å². The molecule has 0 aliphatic rings. The third-order valence-corrected chi connectivity index (χ3v) is 4.04. The van der Waals surface area contributed by atoms with Crippen molar-refractivity contribution < 1.29 is 13.9 Å². The molecule has 2 aromatic carbocycles. The lowest BCUT2D eigenvalue weighted by molar-refractivity contribution is 0.284. The maximum atomic E-state index is 13.1. The maximum absolute atomic E-state index is 13.1. The Labute approximate surface area is 151 Å². The molecule has 0 saturated heterocycles. The van der Waals surface area contributed by atoms with Crippen LogP contribution in [0.4, 0.5) is 4.39 Å². The van der Waals surface area contributed by atoms with E-state index in [0.717, 1.165) is 5.56 Å². The number of hydrogen-bond donors (Lipinski definition) is 1. The van der Waals surface area contributed by atoms with Gasteiger partial charge in [-0.15, -0.1) is 6.58 Å². The van der Waals surface area contributed by atoms with Gasteiger partial charge in [0.1, 0.15) is 12.4 Å². The van der Waals surface area contributed by atoms with Crippen LogP contribution in [0.3, 0.4) is 0 Å². The molecular weight excluding hydrogens is 352 g/mol. The van der Waals surface area contributed by atoms with Crippen LogP contribution < -0.4 is 14.8 Å². The minimum Gasteiger partial charge on any atom is -0.493 e. The van der Waals surface area contributed by atoms with E-state index < -0.39 is 0 Å². The van der Waals surface area contributed by atoms with E-state index in [1.165, 1.54) is 12.1 Å². The number of rotatable bonds is 8. The zero-order valence-electron chi connectivity index (χ0n) is 13.2. The van der Waals surface area contributed by atoms with Gasteiger partial charge in [0.2, 0.25) is 0 Å². The molecule has 3 nitrogen and oxygen atoms in total. The molecule has 0 spiro atoms. The molecule has 6 heteroatoms. The average molecular weight is 370 g/mol. The molecule has 0 aromatic heterocycles. The van der Waals surface area contributed by atoms with Crippen LogP contribution in [0.5, 0.6) is 11.5 Å². The van der Waals surface area contributed by atoms with E-state index in [9.17, 15) is 4.39 Å². The summed E-state index contributed by atoms with van der Waals surface area (Å²) < 4.78 is 24.2. The van der Waals surface area contributed by atoms with Crippen molar-refractivity contribution >= 4 is 23.2 Å². The van der Waals surface area contributed by atoms with Gasteiger partial charge in [0, 0.05) is 29.7 Å². The minimum atomic E-state index is -0.388. The lowest BCUT2D eigenvalue weighted by Crippen LogP contribution is -2.13. The van der Waals surface area contributed by atoms with E-state index in [1.807, 2.05) is 6.07 Å². The normalized spacial score (nSPS) is 10.5. The van der Waals surface area contributed by atoms with Gasteiger partial charge in [0.05, 0.1) is 12.1 Å². The van der Waals surface area contributed by atoms with Crippen LogP contribution in [0.2, 0.25) is 10.0 Å². The Bertz CT molecular complexity index is 722. The van der Waals surface area contributed by atoms with Gasteiger partial charge in [-0.05, 0) is 23.8 Å². The first-order chi connectivity index (χ1) is 11.5. The fourth-order valence-corrected chi connectivity index (χ4v) is 2.53. The molecule has 128 valence electrons. The van der Waals surface area contributed by atoms with Crippen molar-refractivity contribution in [2.75, 3.05) is 13.7 Å². The smallest absolute Gasteiger partial charge is 0.163 e. The zero-order valence-corrected chi connectivity index (χ0v) is 14.8. The Balaban J connectivity index is 2.14. The van der Waals surface area contributed by atoms with E-state index in [4.69, 9.17) is 32.7 Å². The molecule has 2 aromatic rings. The highest BCUT2D eigenvalue weighted by atomic mass is 35.5. The number of hydrogen-bond acceptors (Lipinski definition) is 3. The Hall–Kier alpha value is -1.75. The van der Waals surface area contributed by atoms with Crippen molar-refractivity contribution in [1.82, 2.24) is 5.32 Å². The van der Waals surface area contributed by atoms with Crippen molar-refractivity contribution in [2.45, 2.75) is 13.2 Å². The Kier molecular flexibility index (Phi) is 6.91. The number of ether oxygens (including phenoxy) is 2. The van der Waals surface area contributed by atoms with E-state index in [1.54, 1.807) is 25.3 Å². The summed E-state index contributed by atoms with van der Waals surface area (Å²) in [6.07, 6.45) is 1.77. The molecular formula is C18H18Cl2FNO2. The quantitative estimate of drug-likeness (QED) is 0.524. The monoisotopic (exact) mass is 369 g/mol. The molecule has 0 saturated carbocycles. The molecule has 0 aliphatic heterocycles. The summed E-state index contributed by atoms with van der Waals surface area (Å²) in [6.45, 7) is 5.10. The summed E-state index contributed by atoms with van der Waals surface area (Å²) in [4.78, 5) is 0. The Morgan fingerprint density at radius 2 is 1.88 bits per heavy atom. The van der Waals surface area contributed by atoms with E-state index >= 15 is 0 Å². The average Bonchev–Trinajstić information content (AvgIpc) is 2.56. The summed E-state index contributed by atoms with van der Waals surface area (Å²) in [5, 5.41) is 4.05. The fourth-order valence-electron chi connectivity index (χ4n) is 2.09. The standard InChI is InChI=1S/C18H18Cl2FNO2/c1-3-6-22-10-13-7-17(23-2)18(9-16(13)20)24-11-12-4-5-14(21)8-15(12)19/h3-5,7-9,22H,1,6,10-11H2,2H3. The van der Waals surface area contributed by atoms with E-state index in [2.05, 4.69) is 11.9 Å². The fraction of sp³-hybridized carbons (Fsp3) is 0.222. The number of methoxy groups -OCH3 is 1. The lowest BCUT2D eigenvalue weighted by Gasteiger charge is -2.14. The molecule has 0 radical (unpaired) electrons. The van der Waals surface area contributed by atoms with Gasteiger partial charge >= 0.3 is 0 Å². The molecule has 0 heterocycles. The first-order valence-electron chi connectivity index (χ1n) is 7.30. The van der Waals surface area contributed by atoms with Gasteiger partial charge in [0.15, 0.2) is 11.5 Å². The second-order valence-electron chi connectivity index (χ2n) is 5.04. The molecule has 0 amide bonds. The van der Waals surface area contributed by atoms with Crippen molar-refractivity contribution in [1.29, 1.82) is 0 Å². The van der Waals surface area contributed by atoms with Gasteiger partial charge in [-0.2, -0.15) is 0 Å². The summed E-state index contributed by atoms with van der Waals surface area (Å²) in [6, 6.07) is 7.68. The molecule has 24 heavy (non-hydrogen) atoms. The van der Waals surface area contributed by atoms with Crippen LogP contribution in [0.25, 0.3) is 0 Å². The van der Waals surface area contributed by atoms with Gasteiger partial charge in [0.25, 0.3) is 0 Å². The van der Waals surface area contributed by atoms with E-state index in [0.29, 0.717) is 40.2 Å². The van der Waals surface area contributed by atoms with Crippen molar-refractivity contribution in [3.8, 4) is 11.5 Å². The van der Waals surface area contributed by atoms with Crippen LogP contribution in [0.15, 0.2) is 43.0 Å². The summed E-state index contributed by atoms with van der Waals surface area (Å²) >= 11 is 12.3. The first-order valence-corrected chi connectivity index (χ1v) is 8.05. The largest absolute Gasteiger partial charge is 0.493 e. The predicted molar refractivity (Wildman–Crippen MR) is 95.6 cm³/mol. The molecule has 2 rings (SSSR count). The first kappa shape index (κ1) is 18.6. The molecule has 0 aliphatic carbocycles. The van der Waals surface area contributed by atoms with Crippen LogP contribution in [-0.2, 0) is 13.2 Å². The summed E-state index contributed by atoms with van der Waals surface area (Å²) in [5.41, 5.74) is 1.57. The third kappa shape index (κ3) is 4.87.